The Morgan fingerprint density at radius 3 is 2.65 bits per heavy atom. The Morgan fingerprint density at radius 2 is 1.92 bits per heavy atom. The molecule has 138 valence electrons. The first-order valence-electron chi connectivity index (χ1n) is 9.36. The van der Waals surface area contributed by atoms with Gasteiger partial charge in [0.2, 0.25) is 5.91 Å². The molecule has 6 heteroatoms. The van der Waals surface area contributed by atoms with Crippen molar-refractivity contribution in [3.8, 4) is 0 Å². The summed E-state index contributed by atoms with van der Waals surface area (Å²) in [5, 5.41) is 3.28. The van der Waals surface area contributed by atoms with Crippen molar-refractivity contribution >= 4 is 22.9 Å². The highest BCUT2D eigenvalue weighted by Crippen LogP contribution is 2.31. The van der Waals surface area contributed by atoms with E-state index < -0.39 is 0 Å². The van der Waals surface area contributed by atoms with Gasteiger partial charge in [0.05, 0.1) is 17.2 Å². The minimum absolute atomic E-state index is 0.228. The molecule has 0 N–H and O–H groups in total. The van der Waals surface area contributed by atoms with E-state index in [9.17, 15) is 4.79 Å². The molecule has 2 aromatic rings. The monoisotopic (exact) mass is 370 g/mol. The second-order valence-electron chi connectivity index (χ2n) is 7.36. The maximum atomic E-state index is 12.9. The molecule has 1 fully saturated rings. The van der Waals surface area contributed by atoms with E-state index in [1.807, 2.05) is 11.0 Å². The summed E-state index contributed by atoms with van der Waals surface area (Å²) in [5.74, 6) is 0.228. The smallest absolute Gasteiger partial charge is 0.241 e. The van der Waals surface area contributed by atoms with Crippen molar-refractivity contribution < 1.29 is 4.79 Å². The minimum atomic E-state index is 0.228. The lowest BCUT2D eigenvalue weighted by atomic mass is 10.1. The van der Waals surface area contributed by atoms with E-state index in [1.165, 1.54) is 11.3 Å². The van der Waals surface area contributed by atoms with Gasteiger partial charge in [0.1, 0.15) is 0 Å². The lowest BCUT2D eigenvalue weighted by Crippen LogP contribution is -2.50. The van der Waals surface area contributed by atoms with Crippen molar-refractivity contribution in [3.05, 3.63) is 45.9 Å². The van der Waals surface area contributed by atoms with Crippen molar-refractivity contribution in [1.29, 1.82) is 0 Å². The van der Waals surface area contributed by atoms with Crippen LogP contribution in [-0.4, -0.2) is 59.5 Å². The molecule has 1 amide bonds. The fourth-order valence-electron chi connectivity index (χ4n) is 4.03. The van der Waals surface area contributed by atoms with Crippen LogP contribution < -0.4 is 4.90 Å². The summed E-state index contributed by atoms with van der Waals surface area (Å²) in [6, 6.07) is 8.55. The van der Waals surface area contributed by atoms with Crippen LogP contribution >= 0.6 is 11.3 Å². The molecule has 1 saturated heterocycles. The van der Waals surface area contributed by atoms with Gasteiger partial charge >= 0.3 is 0 Å². The van der Waals surface area contributed by atoms with Crippen molar-refractivity contribution in [1.82, 2.24) is 14.8 Å². The van der Waals surface area contributed by atoms with Crippen LogP contribution in [-0.2, 0) is 17.8 Å². The first-order chi connectivity index (χ1) is 12.6. The summed E-state index contributed by atoms with van der Waals surface area (Å²) in [5.41, 5.74) is 3.55. The normalized spacial score (nSPS) is 21.2. The van der Waals surface area contributed by atoms with E-state index in [0.29, 0.717) is 6.54 Å². The Hall–Kier alpha value is -1.76. The SMILES string of the molecule is Cc1nc(CN2CCN(CC(=O)N3c4ccccc4CC3C)CC2)cs1. The molecule has 2 aliphatic rings. The lowest BCUT2D eigenvalue weighted by Gasteiger charge is -2.35. The van der Waals surface area contributed by atoms with E-state index in [1.54, 1.807) is 11.3 Å². The Kier molecular flexibility index (Phi) is 5.07. The number of hydrogen-bond donors (Lipinski definition) is 0. The summed E-state index contributed by atoms with van der Waals surface area (Å²) in [6.07, 6.45) is 0.961. The van der Waals surface area contributed by atoms with Crippen LogP contribution in [0.3, 0.4) is 0 Å². The van der Waals surface area contributed by atoms with Gasteiger partial charge in [0, 0.05) is 49.8 Å². The lowest BCUT2D eigenvalue weighted by molar-refractivity contribution is -0.120. The molecule has 1 aromatic heterocycles. The molecule has 0 saturated carbocycles. The summed E-state index contributed by atoms with van der Waals surface area (Å²) in [6.45, 7) is 9.51. The number of amides is 1. The summed E-state index contributed by atoms with van der Waals surface area (Å²) in [7, 11) is 0. The zero-order valence-electron chi connectivity index (χ0n) is 15.5. The number of aryl methyl sites for hydroxylation is 1. The van der Waals surface area contributed by atoms with E-state index in [4.69, 9.17) is 0 Å². The minimum Gasteiger partial charge on any atom is -0.308 e. The van der Waals surface area contributed by atoms with Crippen molar-refractivity contribution in [2.45, 2.75) is 32.9 Å². The molecule has 0 bridgehead atoms. The number of carbonyl (C=O) groups is 1. The van der Waals surface area contributed by atoms with Crippen LogP contribution in [0, 0.1) is 6.92 Å². The highest BCUT2D eigenvalue weighted by atomic mass is 32.1. The van der Waals surface area contributed by atoms with E-state index in [2.05, 4.69) is 52.2 Å². The molecule has 2 aliphatic heterocycles. The Bertz CT molecular complexity index is 782. The van der Waals surface area contributed by atoms with Crippen LogP contribution in [0.15, 0.2) is 29.6 Å². The van der Waals surface area contributed by atoms with Crippen molar-refractivity contribution in [3.63, 3.8) is 0 Å². The van der Waals surface area contributed by atoms with Crippen LogP contribution in [0.2, 0.25) is 0 Å². The van der Waals surface area contributed by atoms with E-state index in [0.717, 1.165) is 49.8 Å². The van der Waals surface area contributed by atoms with E-state index in [-0.39, 0.29) is 11.9 Å². The quantitative estimate of drug-likeness (QED) is 0.829. The molecular weight excluding hydrogens is 344 g/mol. The molecule has 0 spiro atoms. The highest BCUT2D eigenvalue weighted by Gasteiger charge is 2.31. The predicted molar refractivity (Wildman–Crippen MR) is 106 cm³/mol. The first kappa shape index (κ1) is 17.6. The number of para-hydroxylation sites is 1. The molecule has 4 rings (SSSR count). The zero-order valence-corrected chi connectivity index (χ0v) is 16.3. The van der Waals surface area contributed by atoms with Crippen molar-refractivity contribution in [2.24, 2.45) is 0 Å². The highest BCUT2D eigenvalue weighted by molar-refractivity contribution is 7.09. The topological polar surface area (TPSA) is 39.7 Å². The molecule has 1 aromatic carbocycles. The molecule has 1 unspecified atom stereocenters. The number of fused-ring (bicyclic) bond motifs is 1. The van der Waals surface area contributed by atoms with Gasteiger partial charge in [-0.15, -0.1) is 11.3 Å². The average Bonchev–Trinajstić information content (AvgIpc) is 3.18. The standard InChI is InChI=1S/C20H26N4OS/c1-15-11-17-5-3-4-6-19(17)24(15)20(25)13-23-9-7-22(8-10-23)12-18-14-26-16(2)21-18/h3-6,14-15H,7-13H2,1-2H3. The van der Waals surface area contributed by atoms with Gasteiger partial charge in [-0.1, -0.05) is 18.2 Å². The van der Waals surface area contributed by atoms with E-state index >= 15 is 0 Å². The fourth-order valence-corrected chi connectivity index (χ4v) is 4.63. The van der Waals surface area contributed by atoms with Crippen LogP contribution in [0.1, 0.15) is 23.2 Å². The maximum Gasteiger partial charge on any atom is 0.241 e. The average molecular weight is 371 g/mol. The van der Waals surface area contributed by atoms with Crippen molar-refractivity contribution in [2.75, 3.05) is 37.6 Å². The molecule has 0 radical (unpaired) electrons. The maximum absolute atomic E-state index is 12.9. The molecular formula is C20H26N4OS. The molecule has 1 atom stereocenters. The predicted octanol–water partition coefficient (Wildman–Crippen LogP) is 2.55. The van der Waals surface area contributed by atoms with Gasteiger partial charge < -0.3 is 4.90 Å². The first-order valence-corrected chi connectivity index (χ1v) is 10.2. The van der Waals surface area contributed by atoms with Gasteiger partial charge in [0.15, 0.2) is 0 Å². The third-order valence-electron chi connectivity index (χ3n) is 5.35. The third kappa shape index (κ3) is 3.68. The number of hydrogen-bond acceptors (Lipinski definition) is 5. The summed E-state index contributed by atoms with van der Waals surface area (Å²) >= 11 is 1.71. The number of thiazole rings is 1. The third-order valence-corrected chi connectivity index (χ3v) is 6.17. The summed E-state index contributed by atoms with van der Waals surface area (Å²) < 4.78 is 0. The number of anilines is 1. The van der Waals surface area contributed by atoms with Crippen LogP contribution in [0.25, 0.3) is 0 Å². The fraction of sp³-hybridized carbons (Fsp3) is 0.500. The summed E-state index contributed by atoms with van der Waals surface area (Å²) in [4.78, 5) is 24.2. The zero-order chi connectivity index (χ0) is 18.1. The van der Waals surface area contributed by atoms with Gasteiger partial charge in [-0.2, -0.15) is 0 Å². The molecule has 3 heterocycles. The molecule has 26 heavy (non-hydrogen) atoms. The largest absolute Gasteiger partial charge is 0.308 e. The number of rotatable bonds is 4. The Balaban J connectivity index is 1.31. The van der Waals surface area contributed by atoms with Gasteiger partial charge in [0.25, 0.3) is 0 Å². The van der Waals surface area contributed by atoms with Gasteiger partial charge in [-0.25, -0.2) is 4.98 Å². The Morgan fingerprint density at radius 1 is 1.19 bits per heavy atom. The number of carbonyl (C=O) groups excluding carboxylic acids is 1. The molecule has 0 aliphatic carbocycles. The van der Waals surface area contributed by atoms with Gasteiger partial charge in [-0.3, -0.25) is 14.6 Å². The second kappa shape index (κ2) is 7.47. The number of benzene rings is 1. The number of nitrogens with zero attached hydrogens (tertiary/aromatic N) is 4. The van der Waals surface area contributed by atoms with Crippen LogP contribution in [0.5, 0.6) is 0 Å². The van der Waals surface area contributed by atoms with Crippen LogP contribution in [0.4, 0.5) is 5.69 Å². The number of piperazine rings is 1. The number of aromatic nitrogens is 1. The molecule has 5 nitrogen and oxygen atoms in total. The Labute approximate surface area is 159 Å². The van der Waals surface area contributed by atoms with Gasteiger partial charge in [-0.05, 0) is 31.9 Å². The second-order valence-corrected chi connectivity index (χ2v) is 8.42.